The van der Waals surface area contributed by atoms with Crippen molar-refractivity contribution in [2.45, 2.75) is 18.9 Å². The summed E-state index contributed by atoms with van der Waals surface area (Å²) in [6.45, 7) is 1.70. The van der Waals surface area contributed by atoms with Crippen molar-refractivity contribution in [3.63, 3.8) is 0 Å². The van der Waals surface area contributed by atoms with Crippen molar-refractivity contribution in [3.05, 3.63) is 0 Å². The van der Waals surface area contributed by atoms with Gasteiger partial charge in [0.2, 0.25) is 5.91 Å². The summed E-state index contributed by atoms with van der Waals surface area (Å²) in [6.07, 6.45) is 1.92. The third-order valence-electron chi connectivity index (χ3n) is 2.01. The molecule has 1 amide bonds. The number of hydrogen-bond donors (Lipinski definition) is 1. The average Bonchev–Trinajstić information content (AvgIpc) is 2.05. The minimum Gasteiger partial charge on any atom is -0.342 e. The second-order valence-corrected chi connectivity index (χ2v) is 3.61. The lowest BCUT2D eigenvalue weighted by atomic mass is 10.1. The van der Waals surface area contributed by atoms with E-state index in [-0.39, 0.29) is 5.91 Å². The maximum atomic E-state index is 11.2. The largest absolute Gasteiger partial charge is 0.342 e. The van der Waals surface area contributed by atoms with Crippen molar-refractivity contribution in [1.82, 2.24) is 4.90 Å². The van der Waals surface area contributed by atoms with Crippen LogP contribution in [0.25, 0.3) is 0 Å². The zero-order valence-corrected chi connectivity index (χ0v) is 8.58. The molecular weight excluding hydrogens is 255 g/mol. The lowest BCUT2D eigenvalue weighted by Gasteiger charge is -2.29. The Morgan fingerprint density at radius 3 is 2.55 bits per heavy atom. The van der Waals surface area contributed by atoms with E-state index in [1.54, 1.807) is 0 Å². The molecule has 1 fully saturated rings. The first-order valence-corrected chi connectivity index (χ1v) is 5.36. The minimum atomic E-state index is 0.248. The molecule has 1 rings (SSSR count). The number of rotatable bonds is 1. The summed E-state index contributed by atoms with van der Waals surface area (Å²) in [5.74, 6) is 0.248. The molecule has 0 aromatic heterocycles. The molecule has 2 N–H and O–H groups in total. The van der Waals surface area contributed by atoms with Gasteiger partial charge in [-0.15, -0.1) is 0 Å². The molecule has 0 atom stereocenters. The molecule has 1 aliphatic rings. The Labute approximate surface area is 80.4 Å². The molecular formula is C7H13IN2O. The van der Waals surface area contributed by atoms with Crippen LogP contribution < -0.4 is 5.73 Å². The summed E-state index contributed by atoms with van der Waals surface area (Å²) in [4.78, 5) is 13.0. The van der Waals surface area contributed by atoms with Gasteiger partial charge in [0.25, 0.3) is 0 Å². The third-order valence-corrected chi connectivity index (χ3v) is 2.66. The Morgan fingerprint density at radius 1 is 1.55 bits per heavy atom. The normalized spacial score (nSPS) is 20.4. The van der Waals surface area contributed by atoms with Gasteiger partial charge in [-0.05, 0) is 12.8 Å². The Morgan fingerprint density at radius 2 is 2.09 bits per heavy atom. The molecule has 0 spiro atoms. The van der Waals surface area contributed by atoms with Gasteiger partial charge in [-0.3, -0.25) is 4.79 Å². The number of nitrogens with zero attached hydrogens (tertiary/aromatic N) is 1. The number of halogens is 1. The van der Waals surface area contributed by atoms with Gasteiger partial charge in [-0.25, -0.2) is 0 Å². The standard InChI is InChI=1S/C7H13IN2O/c8-5-7(11)10-3-1-6(9)2-4-10/h6H,1-5,9H2. The fraction of sp³-hybridized carbons (Fsp3) is 0.857. The van der Waals surface area contributed by atoms with Crippen LogP contribution in [0.5, 0.6) is 0 Å². The molecule has 0 aliphatic carbocycles. The smallest absolute Gasteiger partial charge is 0.232 e. The zero-order chi connectivity index (χ0) is 8.27. The van der Waals surface area contributed by atoms with Crippen molar-refractivity contribution in [1.29, 1.82) is 0 Å². The minimum absolute atomic E-state index is 0.248. The Kier molecular flexibility index (Phi) is 3.58. The monoisotopic (exact) mass is 268 g/mol. The maximum Gasteiger partial charge on any atom is 0.232 e. The van der Waals surface area contributed by atoms with E-state index in [2.05, 4.69) is 22.6 Å². The third kappa shape index (κ3) is 2.59. The first-order chi connectivity index (χ1) is 5.24. The highest BCUT2D eigenvalue weighted by Gasteiger charge is 2.18. The number of hydrogen-bond acceptors (Lipinski definition) is 2. The number of carbonyl (C=O) groups is 1. The highest BCUT2D eigenvalue weighted by Crippen LogP contribution is 2.08. The van der Waals surface area contributed by atoms with Crippen molar-refractivity contribution < 1.29 is 4.79 Å². The zero-order valence-electron chi connectivity index (χ0n) is 6.42. The van der Waals surface area contributed by atoms with Gasteiger partial charge in [-0.1, -0.05) is 22.6 Å². The molecule has 0 radical (unpaired) electrons. The van der Waals surface area contributed by atoms with E-state index < -0.39 is 0 Å². The predicted molar refractivity (Wildman–Crippen MR) is 52.7 cm³/mol. The fourth-order valence-electron chi connectivity index (χ4n) is 1.23. The van der Waals surface area contributed by atoms with Crippen LogP contribution in [-0.4, -0.2) is 34.4 Å². The van der Waals surface area contributed by atoms with Crippen molar-refractivity contribution >= 4 is 28.5 Å². The molecule has 4 heteroatoms. The van der Waals surface area contributed by atoms with Gasteiger partial charge in [0.1, 0.15) is 0 Å². The molecule has 0 saturated carbocycles. The lowest BCUT2D eigenvalue weighted by molar-refractivity contribution is -0.129. The molecule has 0 aromatic rings. The number of alkyl halides is 1. The molecule has 3 nitrogen and oxygen atoms in total. The van der Waals surface area contributed by atoms with Crippen molar-refractivity contribution in [2.24, 2.45) is 5.73 Å². The second-order valence-electron chi connectivity index (χ2n) is 2.85. The van der Waals surface area contributed by atoms with Crippen molar-refractivity contribution in [3.8, 4) is 0 Å². The fourth-order valence-corrected chi connectivity index (χ4v) is 1.72. The maximum absolute atomic E-state index is 11.2. The summed E-state index contributed by atoms with van der Waals surface area (Å²) >= 11 is 2.10. The SMILES string of the molecule is NC1CCN(C(=O)CI)CC1. The van der Waals surface area contributed by atoms with E-state index >= 15 is 0 Å². The highest BCUT2D eigenvalue weighted by molar-refractivity contribution is 14.1. The van der Waals surface area contributed by atoms with Crippen LogP contribution in [0, 0.1) is 0 Å². The topological polar surface area (TPSA) is 46.3 Å². The summed E-state index contributed by atoms with van der Waals surface area (Å²) < 4.78 is 0.590. The van der Waals surface area contributed by atoms with Crippen LogP contribution in [0.1, 0.15) is 12.8 Å². The van der Waals surface area contributed by atoms with E-state index in [0.29, 0.717) is 10.5 Å². The average molecular weight is 268 g/mol. The first kappa shape index (κ1) is 9.25. The molecule has 1 aliphatic heterocycles. The van der Waals surface area contributed by atoms with Crippen LogP contribution in [0.2, 0.25) is 0 Å². The van der Waals surface area contributed by atoms with E-state index in [1.165, 1.54) is 0 Å². The van der Waals surface area contributed by atoms with Crippen LogP contribution in [0.3, 0.4) is 0 Å². The van der Waals surface area contributed by atoms with Gasteiger partial charge in [0.05, 0.1) is 4.43 Å². The Balaban J connectivity index is 2.33. The van der Waals surface area contributed by atoms with Crippen LogP contribution in [-0.2, 0) is 4.79 Å². The van der Waals surface area contributed by atoms with Gasteiger partial charge >= 0.3 is 0 Å². The molecule has 1 saturated heterocycles. The molecule has 0 bridgehead atoms. The Bertz CT molecular complexity index is 143. The molecule has 0 aromatic carbocycles. The summed E-state index contributed by atoms with van der Waals surface area (Å²) in [6, 6.07) is 0.313. The Hall–Kier alpha value is 0.160. The summed E-state index contributed by atoms with van der Waals surface area (Å²) in [5.41, 5.74) is 5.70. The number of likely N-dealkylation sites (tertiary alicyclic amines) is 1. The number of piperidine rings is 1. The van der Waals surface area contributed by atoms with E-state index in [9.17, 15) is 4.79 Å². The predicted octanol–water partition coefficient (Wildman–Crippen LogP) is 0.371. The van der Waals surface area contributed by atoms with E-state index in [4.69, 9.17) is 5.73 Å². The van der Waals surface area contributed by atoms with Gasteiger partial charge in [-0.2, -0.15) is 0 Å². The second kappa shape index (κ2) is 4.25. The highest BCUT2D eigenvalue weighted by atomic mass is 127. The van der Waals surface area contributed by atoms with Gasteiger partial charge in [0.15, 0.2) is 0 Å². The number of carbonyl (C=O) groups excluding carboxylic acids is 1. The lowest BCUT2D eigenvalue weighted by Crippen LogP contribution is -2.43. The molecule has 64 valence electrons. The van der Waals surface area contributed by atoms with Crippen LogP contribution in [0.15, 0.2) is 0 Å². The number of nitrogens with two attached hydrogens (primary N) is 1. The number of amides is 1. The van der Waals surface area contributed by atoms with Crippen LogP contribution in [0.4, 0.5) is 0 Å². The summed E-state index contributed by atoms with van der Waals surface area (Å²) in [7, 11) is 0. The van der Waals surface area contributed by atoms with E-state index in [0.717, 1.165) is 25.9 Å². The van der Waals surface area contributed by atoms with Crippen LogP contribution >= 0.6 is 22.6 Å². The van der Waals surface area contributed by atoms with Gasteiger partial charge in [0, 0.05) is 19.1 Å². The van der Waals surface area contributed by atoms with Crippen molar-refractivity contribution in [2.75, 3.05) is 17.5 Å². The van der Waals surface area contributed by atoms with Gasteiger partial charge < -0.3 is 10.6 Å². The molecule has 11 heavy (non-hydrogen) atoms. The quantitative estimate of drug-likeness (QED) is 0.551. The molecule has 1 heterocycles. The molecule has 0 unspecified atom stereocenters. The van der Waals surface area contributed by atoms with E-state index in [1.807, 2.05) is 4.90 Å². The first-order valence-electron chi connectivity index (χ1n) is 3.83. The summed E-state index contributed by atoms with van der Waals surface area (Å²) in [5, 5.41) is 0.